The Balaban J connectivity index is 2.14. The van der Waals surface area contributed by atoms with Gasteiger partial charge in [-0.25, -0.2) is 4.68 Å². The molecule has 0 radical (unpaired) electrons. The van der Waals surface area contributed by atoms with E-state index >= 15 is 0 Å². The van der Waals surface area contributed by atoms with Gasteiger partial charge in [0.15, 0.2) is 0 Å². The minimum Gasteiger partial charge on any atom is -0.467 e. The van der Waals surface area contributed by atoms with E-state index in [0.717, 1.165) is 5.76 Å². The summed E-state index contributed by atoms with van der Waals surface area (Å²) < 4.78 is 6.76. The zero-order valence-corrected chi connectivity index (χ0v) is 11.1. The number of rotatable bonds is 5. The highest BCUT2D eigenvalue weighted by Crippen LogP contribution is 2.17. The number of aliphatic hydroxyl groups excluding tert-OH is 1. The molecule has 2 aromatic rings. The Morgan fingerprint density at radius 3 is 3.06 bits per heavy atom. The molecule has 0 unspecified atom stereocenters. The number of hydrogen-bond donors (Lipinski definition) is 2. The summed E-state index contributed by atoms with van der Waals surface area (Å²) in [5.41, 5.74) is 0.305. The summed E-state index contributed by atoms with van der Waals surface area (Å²) in [6, 6.07) is 3.63. The first-order valence-electron chi connectivity index (χ1n) is 5.35. The first kappa shape index (κ1) is 12.8. The van der Waals surface area contributed by atoms with Crippen LogP contribution in [0.25, 0.3) is 0 Å². The van der Waals surface area contributed by atoms with Crippen molar-refractivity contribution < 1.29 is 9.52 Å². The summed E-state index contributed by atoms with van der Waals surface area (Å²) in [5.74, 6) is 0.765. The van der Waals surface area contributed by atoms with E-state index in [0.29, 0.717) is 16.7 Å². The van der Waals surface area contributed by atoms with Gasteiger partial charge in [-0.3, -0.25) is 4.79 Å². The molecule has 0 aliphatic heterocycles. The Morgan fingerprint density at radius 2 is 2.39 bits per heavy atom. The van der Waals surface area contributed by atoms with Crippen LogP contribution in [0.15, 0.2) is 38.3 Å². The van der Waals surface area contributed by atoms with Crippen molar-refractivity contribution in [2.24, 2.45) is 0 Å². The molecule has 6 nitrogen and oxygen atoms in total. The van der Waals surface area contributed by atoms with Gasteiger partial charge in [0.05, 0.1) is 37.8 Å². The van der Waals surface area contributed by atoms with Crippen LogP contribution in [0, 0.1) is 0 Å². The molecule has 0 bridgehead atoms. The lowest BCUT2D eigenvalue weighted by Crippen LogP contribution is -2.25. The fourth-order valence-electron chi connectivity index (χ4n) is 1.44. The molecule has 7 heteroatoms. The van der Waals surface area contributed by atoms with Crippen LogP contribution < -0.4 is 10.9 Å². The molecule has 0 spiro atoms. The van der Waals surface area contributed by atoms with Crippen LogP contribution >= 0.6 is 15.9 Å². The van der Waals surface area contributed by atoms with Crippen molar-refractivity contribution in [2.75, 3.05) is 11.9 Å². The van der Waals surface area contributed by atoms with Crippen LogP contribution in [-0.2, 0) is 13.1 Å². The predicted molar refractivity (Wildman–Crippen MR) is 69.3 cm³/mol. The van der Waals surface area contributed by atoms with Crippen LogP contribution in [0.2, 0.25) is 0 Å². The van der Waals surface area contributed by atoms with Crippen molar-refractivity contribution in [2.45, 2.75) is 13.1 Å². The maximum Gasteiger partial charge on any atom is 0.283 e. The molecule has 2 heterocycles. The van der Waals surface area contributed by atoms with E-state index in [1.54, 1.807) is 12.3 Å². The van der Waals surface area contributed by atoms with Crippen LogP contribution in [0.1, 0.15) is 5.76 Å². The lowest BCUT2D eigenvalue weighted by molar-refractivity contribution is 0.266. The molecule has 2 rings (SSSR count). The molecule has 0 saturated heterocycles. The first-order chi connectivity index (χ1) is 8.72. The summed E-state index contributed by atoms with van der Waals surface area (Å²) in [6.45, 7) is 0.519. The molecule has 0 saturated carbocycles. The highest BCUT2D eigenvalue weighted by molar-refractivity contribution is 9.10. The molecule has 0 aliphatic carbocycles. The van der Waals surface area contributed by atoms with Gasteiger partial charge in [0, 0.05) is 0 Å². The minimum absolute atomic E-state index is 0.126. The third kappa shape index (κ3) is 2.80. The topological polar surface area (TPSA) is 80.3 Å². The second-order valence-electron chi connectivity index (χ2n) is 3.56. The summed E-state index contributed by atoms with van der Waals surface area (Å²) in [7, 11) is 0. The molecule has 0 aromatic carbocycles. The van der Waals surface area contributed by atoms with Gasteiger partial charge in [0.2, 0.25) is 0 Å². The van der Waals surface area contributed by atoms with Crippen molar-refractivity contribution in [3.8, 4) is 0 Å². The normalized spacial score (nSPS) is 10.6. The number of hydrogen-bond acceptors (Lipinski definition) is 5. The van der Waals surface area contributed by atoms with E-state index < -0.39 is 0 Å². The number of furan rings is 1. The van der Waals surface area contributed by atoms with E-state index in [9.17, 15) is 4.79 Å². The zero-order valence-electron chi connectivity index (χ0n) is 9.47. The third-order valence-electron chi connectivity index (χ3n) is 2.33. The number of anilines is 1. The van der Waals surface area contributed by atoms with Gasteiger partial charge in [-0.15, -0.1) is 0 Å². The number of aromatic nitrogens is 2. The second kappa shape index (κ2) is 5.83. The van der Waals surface area contributed by atoms with Crippen LogP contribution in [-0.4, -0.2) is 21.5 Å². The van der Waals surface area contributed by atoms with Crippen LogP contribution in [0.4, 0.5) is 5.69 Å². The van der Waals surface area contributed by atoms with Gasteiger partial charge >= 0.3 is 0 Å². The summed E-state index contributed by atoms with van der Waals surface area (Å²) in [6.07, 6.45) is 3.12. The quantitative estimate of drug-likeness (QED) is 0.867. The highest BCUT2D eigenvalue weighted by atomic mass is 79.9. The monoisotopic (exact) mass is 313 g/mol. The fraction of sp³-hybridized carbons (Fsp3) is 0.273. The van der Waals surface area contributed by atoms with Crippen molar-refractivity contribution in [1.82, 2.24) is 9.78 Å². The Morgan fingerprint density at radius 1 is 1.56 bits per heavy atom. The molecular weight excluding hydrogens is 302 g/mol. The largest absolute Gasteiger partial charge is 0.467 e. The third-order valence-corrected chi connectivity index (χ3v) is 3.10. The molecule has 0 atom stereocenters. The molecule has 0 fully saturated rings. The molecular formula is C11H12BrN3O3. The van der Waals surface area contributed by atoms with Gasteiger partial charge < -0.3 is 14.8 Å². The van der Waals surface area contributed by atoms with Gasteiger partial charge in [0.1, 0.15) is 10.2 Å². The Hall–Kier alpha value is -1.60. The smallest absolute Gasteiger partial charge is 0.283 e. The lowest BCUT2D eigenvalue weighted by atomic mass is 10.4. The average molecular weight is 314 g/mol. The van der Waals surface area contributed by atoms with Gasteiger partial charge in [-0.05, 0) is 28.1 Å². The van der Waals surface area contributed by atoms with E-state index in [2.05, 4.69) is 26.3 Å². The lowest BCUT2D eigenvalue weighted by Gasteiger charge is -2.08. The first-order valence-corrected chi connectivity index (χ1v) is 6.14. The van der Waals surface area contributed by atoms with Crippen molar-refractivity contribution in [3.63, 3.8) is 0 Å². The van der Waals surface area contributed by atoms with E-state index in [-0.39, 0.29) is 18.7 Å². The summed E-state index contributed by atoms with van der Waals surface area (Å²) in [5, 5.41) is 15.8. The summed E-state index contributed by atoms with van der Waals surface area (Å²) >= 11 is 3.22. The SMILES string of the molecule is O=c1c(Br)c(NCc2ccco2)cnn1CCO. The number of aliphatic hydroxyl groups is 1. The Labute approximate surface area is 111 Å². The van der Waals surface area contributed by atoms with E-state index in [1.807, 2.05) is 6.07 Å². The predicted octanol–water partition coefficient (Wildman–Crippen LogP) is 1.20. The standard InChI is InChI=1S/C11H12BrN3O3/c12-10-9(13-6-8-2-1-5-18-8)7-14-15(3-4-16)11(10)17/h1-2,5,7,13,16H,3-4,6H2. The Kier molecular flexibility index (Phi) is 4.16. The maximum absolute atomic E-state index is 11.8. The molecule has 96 valence electrons. The van der Waals surface area contributed by atoms with Crippen LogP contribution in [0.5, 0.6) is 0 Å². The molecule has 2 N–H and O–H groups in total. The maximum atomic E-state index is 11.8. The number of halogens is 1. The Bertz CT molecular complexity index is 565. The van der Waals surface area contributed by atoms with E-state index in [1.165, 1.54) is 10.9 Å². The van der Waals surface area contributed by atoms with E-state index in [4.69, 9.17) is 9.52 Å². The highest BCUT2D eigenvalue weighted by Gasteiger charge is 2.08. The average Bonchev–Trinajstić information content (AvgIpc) is 2.87. The number of nitrogens with zero attached hydrogens (tertiary/aromatic N) is 2. The van der Waals surface area contributed by atoms with Crippen LogP contribution in [0.3, 0.4) is 0 Å². The van der Waals surface area contributed by atoms with Gasteiger partial charge in [0.25, 0.3) is 5.56 Å². The number of nitrogens with one attached hydrogen (secondary N) is 1. The molecule has 18 heavy (non-hydrogen) atoms. The van der Waals surface area contributed by atoms with Crippen molar-refractivity contribution >= 4 is 21.6 Å². The fourth-order valence-corrected chi connectivity index (χ4v) is 1.89. The second-order valence-corrected chi connectivity index (χ2v) is 4.35. The zero-order chi connectivity index (χ0) is 13.0. The molecule has 0 aliphatic rings. The summed E-state index contributed by atoms with van der Waals surface area (Å²) in [4.78, 5) is 11.8. The van der Waals surface area contributed by atoms with Gasteiger partial charge in [-0.2, -0.15) is 5.10 Å². The molecule has 2 aromatic heterocycles. The van der Waals surface area contributed by atoms with Crippen molar-refractivity contribution in [3.05, 3.63) is 45.2 Å². The minimum atomic E-state index is -0.284. The molecule has 0 amide bonds. The van der Waals surface area contributed by atoms with Crippen molar-refractivity contribution in [1.29, 1.82) is 0 Å². The van der Waals surface area contributed by atoms with Gasteiger partial charge in [-0.1, -0.05) is 0 Å².